The summed E-state index contributed by atoms with van der Waals surface area (Å²) in [6, 6.07) is 3.18. The summed E-state index contributed by atoms with van der Waals surface area (Å²) >= 11 is 0. The number of halogens is 2. The highest BCUT2D eigenvalue weighted by atomic mass is 19.1. The molecule has 2 nitrogen and oxygen atoms in total. The summed E-state index contributed by atoms with van der Waals surface area (Å²) in [5.41, 5.74) is -0.736. The Hall–Kier alpha value is -1.00. The SMILES string of the molecule is OC(Cc1cc(F)cc(F)c1)C1(O)CCCCC1. The van der Waals surface area contributed by atoms with E-state index in [0.29, 0.717) is 18.4 Å². The van der Waals surface area contributed by atoms with Crippen molar-refractivity contribution in [1.82, 2.24) is 0 Å². The van der Waals surface area contributed by atoms with Crippen LogP contribution in [0.25, 0.3) is 0 Å². The number of hydrogen-bond acceptors (Lipinski definition) is 2. The van der Waals surface area contributed by atoms with Crippen LogP contribution in [-0.2, 0) is 6.42 Å². The van der Waals surface area contributed by atoms with Crippen LogP contribution in [0.1, 0.15) is 37.7 Å². The highest BCUT2D eigenvalue weighted by Crippen LogP contribution is 2.32. The van der Waals surface area contributed by atoms with Gasteiger partial charge in [-0.25, -0.2) is 8.78 Å². The number of benzene rings is 1. The first-order valence-electron chi connectivity index (χ1n) is 6.35. The summed E-state index contributed by atoms with van der Waals surface area (Å²) in [4.78, 5) is 0. The van der Waals surface area contributed by atoms with Crippen LogP contribution in [0, 0.1) is 11.6 Å². The van der Waals surface area contributed by atoms with Crippen molar-refractivity contribution >= 4 is 0 Å². The van der Waals surface area contributed by atoms with Crippen LogP contribution in [0.5, 0.6) is 0 Å². The molecule has 1 unspecified atom stereocenters. The van der Waals surface area contributed by atoms with Crippen LogP contribution in [0.15, 0.2) is 18.2 Å². The molecule has 1 aliphatic carbocycles. The standard InChI is InChI=1S/C14H18F2O2/c15-11-6-10(7-12(16)9-11)8-13(17)14(18)4-2-1-3-5-14/h6-7,9,13,17-18H,1-5,8H2. The maximum Gasteiger partial charge on any atom is 0.126 e. The van der Waals surface area contributed by atoms with Gasteiger partial charge in [0.15, 0.2) is 0 Å². The lowest BCUT2D eigenvalue weighted by atomic mass is 9.79. The van der Waals surface area contributed by atoms with E-state index in [2.05, 4.69) is 0 Å². The van der Waals surface area contributed by atoms with Gasteiger partial charge in [-0.15, -0.1) is 0 Å². The maximum absolute atomic E-state index is 13.0. The lowest BCUT2D eigenvalue weighted by molar-refractivity contribution is -0.0960. The lowest BCUT2D eigenvalue weighted by Gasteiger charge is -2.36. The molecule has 1 aromatic carbocycles. The van der Waals surface area contributed by atoms with Crippen molar-refractivity contribution in [2.45, 2.75) is 50.2 Å². The van der Waals surface area contributed by atoms with E-state index >= 15 is 0 Å². The molecule has 4 heteroatoms. The number of aliphatic hydroxyl groups is 2. The Balaban J connectivity index is 2.08. The van der Waals surface area contributed by atoms with Crippen molar-refractivity contribution in [2.75, 3.05) is 0 Å². The van der Waals surface area contributed by atoms with E-state index in [1.54, 1.807) is 0 Å². The normalized spacial score (nSPS) is 20.7. The Labute approximate surface area is 105 Å². The molecule has 2 rings (SSSR count). The number of hydrogen-bond donors (Lipinski definition) is 2. The summed E-state index contributed by atoms with van der Waals surface area (Å²) in [7, 11) is 0. The molecule has 0 heterocycles. The van der Waals surface area contributed by atoms with E-state index in [-0.39, 0.29) is 6.42 Å². The van der Waals surface area contributed by atoms with Crippen LogP contribution in [0.3, 0.4) is 0 Å². The van der Waals surface area contributed by atoms with Gasteiger partial charge in [-0.1, -0.05) is 19.3 Å². The first-order valence-corrected chi connectivity index (χ1v) is 6.35. The molecule has 1 fully saturated rings. The van der Waals surface area contributed by atoms with Crippen LogP contribution >= 0.6 is 0 Å². The van der Waals surface area contributed by atoms with Gasteiger partial charge in [-0.3, -0.25) is 0 Å². The number of aliphatic hydroxyl groups excluding tert-OH is 1. The van der Waals surface area contributed by atoms with Crippen LogP contribution < -0.4 is 0 Å². The van der Waals surface area contributed by atoms with Gasteiger partial charge in [0.2, 0.25) is 0 Å². The van der Waals surface area contributed by atoms with Gasteiger partial charge in [0.05, 0.1) is 11.7 Å². The van der Waals surface area contributed by atoms with E-state index in [1.165, 1.54) is 12.1 Å². The number of rotatable bonds is 3. The topological polar surface area (TPSA) is 40.5 Å². The van der Waals surface area contributed by atoms with Crippen LogP contribution in [0.4, 0.5) is 8.78 Å². The van der Waals surface area contributed by atoms with E-state index in [1.807, 2.05) is 0 Å². The molecule has 0 radical (unpaired) electrons. The average molecular weight is 256 g/mol. The first kappa shape index (κ1) is 13.4. The van der Waals surface area contributed by atoms with Gasteiger partial charge in [-0.05, 0) is 30.5 Å². The van der Waals surface area contributed by atoms with Crippen molar-refractivity contribution in [3.05, 3.63) is 35.4 Å². The third-order valence-corrected chi connectivity index (χ3v) is 3.69. The summed E-state index contributed by atoms with van der Waals surface area (Å²) in [5.74, 6) is -1.32. The van der Waals surface area contributed by atoms with Crippen molar-refractivity contribution in [1.29, 1.82) is 0 Å². The molecule has 0 spiro atoms. The second-order valence-electron chi connectivity index (χ2n) is 5.16. The average Bonchev–Trinajstić information content (AvgIpc) is 2.28. The molecule has 0 aliphatic heterocycles. The van der Waals surface area contributed by atoms with E-state index in [9.17, 15) is 19.0 Å². The summed E-state index contributed by atoms with van der Waals surface area (Å²) in [6.45, 7) is 0. The van der Waals surface area contributed by atoms with Crippen molar-refractivity contribution in [3.63, 3.8) is 0 Å². The molecule has 1 aromatic rings. The minimum Gasteiger partial charge on any atom is -0.390 e. The maximum atomic E-state index is 13.0. The molecule has 100 valence electrons. The Morgan fingerprint density at radius 1 is 1.06 bits per heavy atom. The van der Waals surface area contributed by atoms with E-state index in [0.717, 1.165) is 25.3 Å². The zero-order valence-electron chi connectivity index (χ0n) is 10.2. The van der Waals surface area contributed by atoms with Gasteiger partial charge in [0.25, 0.3) is 0 Å². The second-order valence-corrected chi connectivity index (χ2v) is 5.16. The minimum atomic E-state index is -1.11. The molecule has 0 bridgehead atoms. The molecule has 1 saturated carbocycles. The zero-order valence-corrected chi connectivity index (χ0v) is 10.2. The van der Waals surface area contributed by atoms with Gasteiger partial charge < -0.3 is 10.2 Å². The molecule has 0 aromatic heterocycles. The fraction of sp³-hybridized carbons (Fsp3) is 0.571. The van der Waals surface area contributed by atoms with Gasteiger partial charge in [0, 0.05) is 12.5 Å². The molecule has 0 amide bonds. The zero-order chi connectivity index (χ0) is 13.2. The molecule has 1 aliphatic rings. The largest absolute Gasteiger partial charge is 0.390 e. The molecule has 0 saturated heterocycles. The van der Waals surface area contributed by atoms with E-state index < -0.39 is 23.3 Å². The van der Waals surface area contributed by atoms with Crippen LogP contribution in [-0.4, -0.2) is 21.9 Å². The monoisotopic (exact) mass is 256 g/mol. The first-order chi connectivity index (χ1) is 8.49. The summed E-state index contributed by atoms with van der Waals surface area (Å²) < 4.78 is 26.1. The quantitative estimate of drug-likeness (QED) is 0.872. The van der Waals surface area contributed by atoms with Gasteiger partial charge >= 0.3 is 0 Å². The van der Waals surface area contributed by atoms with Crippen molar-refractivity contribution in [3.8, 4) is 0 Å². The Morgan fingerprint density at radius 2 is 1.61 bits per heavy atom. The van der Waals surface area contributed by atoms with Gasteiger partial charge in [0.1, 0.15) is 11.6 Å². The smallest absolute Gasteiger partial charge is 0.126 e. The second kappa shape index (κ2) is 5.33. The third-order valence-electron chi connectivity index (χ3n) is 3.69. The highest BCUT2D eigenvalue weighted by molar-refractivity contribution is 5.19. The molecule has 1 atom stereocenters. The van der Waals surface area contributed by atoms with E-state index in [4.69, 9.17) is 0 Å². The van der Waals surface area contributed by atoms with Gasteiger partial charge in [-0.2, -0.15) is 0 Å². The Morgan fingerprint density at radius 3 is 2.17 bits per heavy atom. The molecular weight excluding hydrogens is 238 g/mol. The van der Waals surface area contributed by atoms with Crippen molar-refractivity contribution < 1.29 is 19.0 Å². The third kappa shape index (κ3) is 3.06. The Bertz CT molecular complexity index is 394. The predicted octanol–water partition coefficient (Wildman–Crippen LogP) is 2.56. The molecule has 2 N–H and O–H groups in total. The van der Waals surface area contributed by atoms with Crippen molar-refractivity contribution in [2.24, 2.45) is 0 Å². The fourth-order valence-corrected chi connectivity index (χ4v) is 2.64. The van der Waals surface area contributed by atoms with Crippen LogP contribution in [0.2, 0.25) is 0 Å². The summed E-state index contributed by atoms with van der Waals surface area (Å²) in [5, 5.41) is 20.4. The summed E-state index contributed by atoms with van der Waals surface area (Å²) in [6.07, 6.45) is 3.02. The predicted molar refractivity (Wildman–Crippen MR) is 64.1 cm³/mol. The highest BCUT2D eigenvalue weighted by Gasteiger charge is 2.36. The lowest BCUT2D eigenvalue weighted by Crippen LogP contribution is -2.45. The molecular formula is C14H18F2O2. The minimum absolute atomic E-state index is 0.0746. The molecule has 18 heavy (non-hydrogen) atoms. The fourth-order valence-electron chi connectivity index (χ4n) is 2.64. The Kier molecular flexibility index (Phi) is 3.97.